The number of ether oxygens (including phenoxy) is 2. The third kappa shape index (κ3) is 4.09. The van der Waals surface area contributed by atoms with Crippen molar-refractivity contribution >= 4 is 17.5 Å². The zero-order chi connectivity index (χ0) is 21.1. The van der Waals surface area contributed by atoms with Gasteiger partial charge in [0, 0.05) is 24.2 Å². The molecular formula is C21H21ClN4O4. The molecule has 3 aromatic rings. The molecule has 0 aliphatic carbocycles. The van der Waals surface area contributed by atoms with E-state index in [9.17, 15) is 4.79 Å². The minimum absolute atomic E-state index is 0.155. The fourth-order valence-electron chi connectivity index (χ4n) is 3.49. The Morgan fingerprint density at radius 1 is 1.20 bits per heavy atom. The van der Waals surface area contributed by atoms with Crippen molar-refractivity contribution in [1.29, 1.82) is 0 Å². The number of hydrogen-bond donors (Lipinski definition) is 0. The highest BCUT2D eigenvalue weighted by Crippen LogP contribution is 2.32. The number of benzene rings is 1. The lowest BCUT2D eigenvalue weighted by atomic mass is 10.0. The molecule has 1 unspecified atom stereocenters. The van der Waals surface area contributed by atoms with Crippen LogP contribution < -0.4 is 9.47 Å². The predicted octanol–water partition coefficient (Wildman–Crippen LogP) is 3.79. The molecule has 0 radical (unpaired) electrons. The number of halogens is 1. The fraction of sp³-hybridized carbons (Fsp3) is 0.333. The summed E-state index contributed by atoms with van der Waals surface area (Å²) in [5.41, 5.74) is 1.54. The van der Waals surface area contributed by atoms with Gasteiger partial charge in [-0.15, -0.1) is 10.2 Å². The summed E-state index contributed by atoms with van der Waals surface area (Å²) >= 11 is 6.32. The van der Waals surface area contributed by atoms with E-state index in [1.54, 1.807) is 30.0 Å². The molecule has 0 bridgehead atoms. The second-order valence-electron chi connectivity index (χ2n) is 6.99. The molecule has 8 nitrogen and oxygen atoms in total. The first-order valence-corrected chi connectivity index (χ1v) is 9.99. The molecule has 4 rings (SSSR count). The van der Waals surface area contributed by atoms with Gasteiger partial charge < -0.3 is 18.9 Å². The summed E-state index contributed by atoms with van der Waals surface area (Å²) in [6, 6.07) is 10.6. The lowest BCUT2D eigenvalue weighted by Gasteiger charge is -2.32. The lowest BCUT2D eigenvalue weighted by Crippen LogP contribution is -2.44. The van der Waals surface area contributed by atoms with Crippen molar-refractivity contribution in [3.8, 4) is 23.0 Å². The van der Waals surface area contributed by atoms with E-state index in [-0.39, 0.29) is 12.0 Å². The Morgan fingerprint density at radius 2 is 1.97 bits per heavy atom. The van der Waals surface area contributed by atoms with Gasteiger partial charge in [0.15, 0.2) is 0 Å². The van der Waals surface area contributed by atoms with Crippen LogP contribution in [0.3, 0.4) is 0 Å². The van der Waals surface area contributed by atoms with Crippen LogP contribution in [0.25, 0.3) is 11.3 Å². The normalized spacial score (nSPS) is 16.4. The van der Waals surface area contributed by atoms with E-state index in [1.807, 2.05) is 18.2 Å². The van der Waals surface area contributed by atoms with Gasteiger partial charge in [-0.1, -0.05) is 35.0 Å². The van der Waals surface area contributed by atoms with Crippen molar-refractivity contribution in [2.45, 2.75) is 25.9 Å². The molecule has 0 spiro atoms. The molecule has 1 aromatic carbocycles. The number of methoxy groups -OCH3 is 1. The number of hydrogen-bond acceptors (Lipinski definition) is 7. The van der Waals surface area contributed by atoms with Crippen LogP contribution in [0.15, 0.2) is 40.9 Å². The summed E-state index contributed by atoms with van der Waals surface area (Å²) in [6.45, 7) is 2.78. The van der Waals surface area contributed by atoms with Crippen LogP contribution in [0.2, 0.25) is 5.02 Å². The Morgan fingerprint density at radius 3 is 2.70 bits per heavy atom. The quantitative estimate of drug-likeness (QED) is 0.610. The monoisotopic (exact) mass is 428 g/mol. The van der Waals surface area contributed by atoms with Gasteiger partial charge in [-0.2, -0.15) is 0 Å². The zero-order valence-corrected chi connectivity index (χ0v) is 17.4. The number of amides is 1. The second-order valence-corrected chi connectivity index (χ2v) is 7.40. The highest BCUT2D eigenvalue weighted by Gasteiger charge is 2.31. The Bertz CT molecular complexity index is 1040. The van der Waals surface area contributed by atoms with Crippen LogP contribution in [0.1, 0.15) is 29.0 Å². The van der Waals surface area contributed by atoms with Crippen LogP contribution >= 0.6 is 11.6 Å². The summed E-state index contributed by atoms with van der Waals surface area (Å²) in [5, 5.41) is 12.5. The summed E-state index contributed by atoms with van der Waals surface area (Å²) in [4.78, 5) is 15.1. The van der Waals surface area contributed by atoms with Crippen molar-refractivity contribution in [2.24, 2.45) is 0 Å². The van der Waals surface area contributed by atoms with Crippen LogP contribution in [-0.4, -0.2) is 52.5 Å². The van der Waals surface area contributed by atoms with Crippen LogP contribution in [0.5, 0.6) is 11.8 Å². The van der Waals surface area contributed by atoms with E-state index in [0.29, 0.717) is 52.5 Å². The minimum Gasteiger partial charge on any atom is -0.480 e. The number of piperidine rings is 1. The van der Waals surface area contributed by atoms with Gasteiger partial charge in [0.05, 0.1) is 18.7 Å². The summed E-state index contributed by atoms with van der Waals surface area (Å²) in [7, 11) is 1.53. The van der Waals surface area contributed by atoms with Crippen LogP contribution in [0, 0.1) is 6.92 Å². The van der Waals surface area contributed by atoms with Crippen molar-refractivity contribution in [3.05, 3.63) is 52.7 Å². The number of aryl methyl sites for hydroxylation is 1. The van der Waals surface area contributed by atoms with Gasteiger partial charge in [0.1, 0.15) is 23.1 Å². The maximum Gasteiger partial charge on any atom is 0.259 e. The third-order valence-corrected chi connectivity index (χ3v) is 5.31. The predicted molar refractivity (Wildman–Crippen MR) is 110 cm³/mol. The first-order valence-electron chi connectivity index (χ1n) is 9.61. The number of carbonyl (C=O) groups excluding carboxylic acids is 1. The van der Waals surface area contributed by atoms with Crippen molar-refractivity contribution < 1.29 is 18.8 Å². The van der Waals surface area contributed by atoms with E-state index in [1.165, 1.54) is 7.11 Å². The maximum atomic E-state index is 13.4. The highest BCUT2D eigenvalue weighted by atomic mass is 35.5. The molecule has 2 aromatic heterocycles. The molecule has 1 aliphatic rings. The topological polar surface area (TPSA) is 90.6 Å². The minimum atomic E-state index is -0.186. The second kappa shape index (κ2) is 8.71. The number of aromatic nitrogens is 3. The standard InChI is InChI=1S/C21H21ClN4O4/c1-13-19(20(25-30-13)15-7-3-4-8-16(15)22)21(27)26-11-5-6-14(12-26)29-18-10-9-17(28-2)23-24-18/h3-4,7-10,14H,5-6,11-12H2,1-2H3. The number of carbonyl (C=O) groups is 1. The first kappa shape index (κ1) is 20.2. The average molecular weight is 429 g/mol. The van der Waals surface area contributed by atoms with Crippen LogP contribution in [-0.2, 0) is 0 Å². The number of nitrogens with zero attached hydrogens (tertiary/aromatic N) is 4. The molecule has 1 fully saturated rings. The number of rotatable bonds is 5. The summed E-state index contributed by atoms with van der Waals surface area (Å²) in [5.74, 6) is 1.11. The van der Waals surface area contributed by atoms with E-state index in [0.717, 1.165) is 12.8 Å². The summed E-state index contributed by atoms with van der Waals surface area (Å²) in [6.07, 6.45) is 1.44. The van der Waals surface area contributed by atoms with Crippen molar-refractivity contribution in [2.75, 3.05) is 20.2 Å². The van der Waals surface area contributed by atoms with Gasteiger partial charge in [-0.05, 0) is 25.8 Å². The molecule has 3 heterocycles. The molecule has 30 heavy (non-hydrogen) atoms. The highest BCUT2D eigenvalue weighted by molar-refractivity contribution is 6.33. The van der Waals surface area contributed by atoms with Gasteiger partial charge >= 0.3 is 0 Å². The number of likely N-dealkylation sites (tertiary alicyclic amines) is 1. The fourth-order valence-corrected chi connectivity index (χ4v) is 3.71. The molecule has 0 saturated carbocycles. The lowest BCUT2D eigenvalue weighted by molar-refractivity contribution is 0.0524. The molecule has 1 atom stereocenters. The van der Waals surface area contributed by atoms with E-state index in [4.69, 9.17) is 25.6 Å². The Labute approximate surface area is 178 Å². The van der Waals surface area contributed by atoms with Gasteiger partial charge in [-0.3, -0.25) is 4.79 Å². The Balaban J connectivity index is 1.52. The SMILES string of the molecule is COc1ccc(OC2CCCN(C(=O)c3c(-c4ccccc4Cl)noc3C)C2)nn1. The van der Waals surface area contributed by atoms with E-state index >= 15 is 0 Å². The molecule has 9 heteroatoms. The smallest absolute Gasteiger partial charge is 0.259 e. The van der Waals surface area contributed by atoms with Gasteiger partial charge in [0.2, 0.25) is 11.8 Å². The first-order chi connectivity index (χ1) is 14.6. The molecular weight excluding hydrogens is 408 g/mol. The molecule has 1 aliphatic heterocycles. The van der Waals surface area contributed by atoms with E-state index in [2.05, 4.69) is 15.4 Å². The Kier molecular flexibility index (Phi) is 5.85. The average Bonchev–Trinajstić information content (AvgIpc) is 3.15. The van der Waals surface area contributed by atoms with Crippen LogP contribution in [0.4, 0.5) is 0 Å². The molecule has 1 amide bonds. The third-order valence-electron chi connectivity index (χ3n) is 4.98. The Hall–Kier alpha value is -3.13. The van der Waals surface area contributed by atoms with E-state index < -0.39 is 0 Å². The molecule has 1 saturated heterocycles. The van der Waals surface area contributed by atoms with Gasteiger partial charge in [0.25, 0.3) is 5.91 Å². The largest absolute Gasteiger partial charge is 0.480 e. The van der Waals surface area contributed by atoms with Crippen molar-refractivity contribution in [1.82, 2.24) is 20.3 Å². The molecule has 156 valence electrons. The van der Waals surface area contributed by atoms with Crippen molar-refractivity contribution in [3.63, 3.8) is 0 Å². The maximum absolute atomic E-state index is 13.4. The molecule has 0 N–H and O–H groups in total. The summed E-state index contributed by atoms with van der Waals surface area (Å²) < 4.78 is 16.3. The van der Waals surface area contributed by atoms with Gasteiger partial charge in [-0.25, -0.2) is 0 Å². The zero-order valence-electron chi connectivity index (χ0n) is 16.7.